The number of Topliss-reactive ketones (excluding diaryl/α,β-unsaturated/α-hetero) is 1. The van der Waals surface area contributed by atoms with Crippen molar-refractivity contribution in [3.63, 3.8) is 0 Å². The molecule has 0 aromatic heterocycles. The number of hydrogen-bond donors (Lipinski definition) is 1. The summed E-state index contributed by atoms with van der Waals surface area (Å²) >= 11 is 3.42. The highest BCUT2D eigenvalue weighted by Crippen LogP contribution is 2.44. The zero-order valence-corrected chi connectivity index (χ0v) is 17.8. The van der Waals surface area contributed by atoms with Gasteiger partial charge in [0, 0.05) is 22.1 Å². The lowest BCUT2D eigenvalue weighted by molar-refractivity contribution is -0.135. The highest BCUT2D eigenvalue weighted by Gasteiger charge is 2.50. The summed E-state index contributed by atoms with van der Waals surface area (Å²) in [5.41, 5.74) is -0.189. The fourth-order valence-corrected chi connectivity index (χ4v) is 4.29. The van der Waals surface area contributed by atoms with Gasteiger partial charge in [0.05, 0.1) is 12.1 Å². The van der Waals surface area contributed by atoms with E-state index in [-0.39, 0.29) is 12.2 Å². The van der Waals surface area contributed by atoms with Crippen LogP contribution < -0.4 is 4.90 Å². The van der Waals surface area contributed by atoms with Crippen molar-refractivity contribution in [1.29, 1.82) is 0 Å². The van der Waals surface area contributed by atoms with E-state index < -0.39 is 11.5 Å². The normalized spacial score (nSPS) is 18.3. The summed E-state index contributed by atoms with van der Waals surface area (Å²) in [6.45, 7) is 2.58. The van der Waals surface area contributed by atoms with Crippen molar-refractivity contribution in [3.8, 4) is 0 Å². The molecule has 29 heavy (non-hydrogen) atoms. The van der Waals surface area contributed by atoms with Crippen molar-refractivity contribution < 1.29 is 14.7 Å². The maximum atomic E-state index is 13.2. The largest absolute Gasteiger partial charge is 0.375 e. The van der Waals surface area contributed by atoms with Crippen LogP contribution in [-0.2, 0) is 10.4 Å². The van der Waals surface area contributed by atoms with E-state index in [0.717, 1.165) is 28.1 Å². The summed E-state index contributed by atoms with van der Waals surface area (Å²) in [5, 5.41) is 13.4. The third-order valence-electron chi connectivity index (χ3n) is 5.52. The van der Waals surface area contributed by atoms with Crippen LogP contribution in [0.25, 0.3) is 10.8 Å². The summed E-state index contributed by atoms with van der Waals surface area (Å²) in [6, 6.07) is 18.7. The highest BCUT2D eigenvalue weighted by molar-refractivity contribution is 9.10. The number of ketones is 1. The standard InChI is InChI=1S/C24H22BrNO3/c1-2-3-12-26-21-11-10-19(25)14-20(21)24(29,23(26)28)15-22(27)18-9-8-16-6-4-5-7-17(16)13-18/h4-11,13-14,29H,2-3,12,15H2,1H3/t24-/m1/s1. The summed E-state index contributed by atoms with van der Waals surface area (Å²) < 4.78 is 0.762. The van der Waals surface area contributed by atoms with E-state index in [4.69, 9.17) is 0 Å². The number of benzene rings is 3. The van der Waals surface area contributed by atoms with Gasteiger partial charge in [0.25, 0.3) is 5.91 Å². The molecule has 1 N–H and O–H groups in total. The second-order valence-corrected chi connectivity index (χ2v) is 8.41. The number of aliphatic hydroxyl groups is 1. The monoisotopic (exact) mass is 451 g/mol. The Morgan fingerprint density at radius 3 is 2.59 bits per heavy atom. The van der Waals surface area contributed by atoms with E-state index in [1.165, 1.54) is 0 Å². The van der Waals surface area contributed by atoms with E-state index in [2.05, 4.69) is 22.9 Å². The van der Waals surface area contributed by atoms with Crippen LogP contribution in [-0.4, -0.2) is 23.3 Å². The summed E-state index contributed by atoms with van der Waals surface area (Å²) in [4.78, 5) is 27.9. The SMILES string of the molecule is CCCCN1C(=O)[C@@](O)(CC(=O)c2ccc3ccccc3c2)c2cc(Br)ccc21. The van der Waals surface area contributed by atoms with Gasteiger partial charge in [-0.1, -0.05) is 65.7 Å². The second-order valence-electron chi connectivity index (χ2n) is 7.49. The minimum absolute atomic E-state index is 0.255. The van der Waals surface area contributed by atoms with Gasteiger partial charge in [-0.05, 0) is 41.5 Å². The molecular formula is C24H22BrNO3. The molecule has 3 aromatic rings. The lowest BCUT2D eigenvalue weighted by Crippen LogP contribution is -2.42. The van der Waals surface area contributed by atoms with Crippen molar-refractivity contribution in [2.24, 2.45) is 0 Å². The van der Waals surface area contributed by atoms with E-state index >= 15 is 0 Å². The van der Waals surface area contributed by atoms with Gasteiger partial charge in [-0.15, -0.1) is 0 Å². The molecule has 0 bridgehead atoms. The molecule has 0 spiro atoms. The Kier molecular flexibility index (Phi) is 5.28. The Morgan fingerprint density at radius 1 is 1.07 bits per heavy atom. The lowest BCUT2D eigenvalue weighted by Gasteiger charge is -2.22. The topological polar surface area (TPSA) is 57.6 Å². The number of unbranched alkanes of at least 4 members (excludes halogenated alkanes) is 1. The number of rotatable bonds is 6. The van der Waals surface area contributed by atoms with Crippen LogP contribution in [0.15, 0.2) is 65.1 Å². The molecule has 1 aliphatic rings. The molecule has 1 amide bonds. The molecular weight excluding hydrogens is 430 g/mol. The van der Waals surface area contributed by atoms with Gasteiger partial charge in [0.15, 0.2) is 11.4 Å². The van der Waals surface area contributed by atoms with Crippen LogP contribution >= 0.6 is 15.9 Å². The van der Waals surface area contributed by atoms with Crippen molar-refractivity contribution in [2.45, 2.75) is 31.8 Å². The second kappa shape index (κ2) is 7.73. The van der Waals surface area contributed by atoms with E-state index in [1.54, 1.807) is 17.0 Å². The van der Waals surface area contributed by atoms with E-state index in [9.17, 15) is 14.7 Å². The molecule has 3 aromatic carbocycles. The van der Waals surface area contributed by atoms with Gasteiger partial charge in [0.2, 0.25) is 0 Å². The number of carbonyl (C=O) groups is 2. The van der Waals surface area contributed by atoms with Crippen molar-refractivity contribution in [1.82, 2.24) is 0 Å². The quantitative estimate of drug-likeness (QED) is 0.523. The number of amides is 1. The number of halogens is 1. The Balaban J connectivity index is 1.70. The first-order valence-corrected chi connectivity index (χ1v) is 10.6. The van der Waals surface area contributed by atoms with Gasteiger partial charge < -0.3 is 10.0 Å². The Morgan fingerprint density at radius 2 is 1.83 bits per heavy atom. The van der Waals surface area contributed by atoms with Gasteiger partial charge in [-0.3, -0.25) is 9.59 Å². The number of hydrogen-bond acceptors (Lipinski definition) is 3. The molecule has 5 heteroatoms. The molecule has 0 unspecified atom stereocenters. The number of fused-ring (bicyclic) bond motifs is 2. The van der Waals surface area contributed by atoms with Crippen LogP contribution in [0.3, 0.4) is 0 Å². The van der Waals surface area contributed by atoms with Gasteiger partial charge in [-0.2, -0.15) is 0 Å². The number of nitrogens with zero attached hydrogens (tertiary/aromatic N) is 1. The summed E-state index contributed by atoms with van der Waals surface area (Å²) in [6.07, 6.45) is 1.48. The predicted molar refractivity (Wildman–Crippen MR) is 118 cm³/mol. The molecule has 0 saturated heterocycles. The van der Waals surface area contributed by atoms with Crippen LogP contribution in [0.4, 0.5) is 5.69 Å². The maximum Gasteiger partial charge on any atom is 0.264 e. The molecule has 0 radical (unpaired) electrons. The first-order chi connectivity index (χ1) is 13.9. The lowest BCUT2D eigenvalue weighted by atomic mass is 9.87. The smallest absolute Gasteiger partial charge is 0.264 e. The van der Waals surface area contributed by atoms with Crippen molar-refractivity contribution in [3.05, 3.63) is 76.3 Å². The third-order valence-corrected chi connectivity index (χ3v) is 6.01. The molecule has 1 aliphatic heterocycles. The average molecular weight is 452 g/mol. The van der Waals surface area contributed by atoms with Crippen LogP contribution in [0.5, 0.6) is 0 Å². The number of carbonyl (C=O) groups excluding carboxylic acids is 2. The fraction of sp³-hybridized carbons (Fsp3) is 0.250. The molecule has 0 saturated carbocycles. The van der Waals surface area contributed by atoms with Crippen molar-refractivity contribution in [2.75, 3.05) is 11.4 Å². The Labute approximate surface area is 178 Å². The van der Waals surface area contributed by atoms with Gasteiger partial charge in [0.1, 0.15) is 0 Å². The molecule has 4 nitrogen and oxygen atoms in total. The van der Waals surface area contributed by atoms with Crippen LogP contribution in [0, 0.1) is 0 Å². The summed E-state index contributed by atoms with van der Waals surface area (Å²) in [5.74, 6) is -0.678. The Bertz CT molecular complexity index is 1110. The molecule has 0 fully saturated rings. The average Bonchev–Trinajstić information content (AvgIpc) is 2.92. The predicted octanol–water partition coefficient (Wildman–Crippen LogP) is 5.21. The molecule has 148 valence electrons. The van der Waals surface area contributed by atoms with Gasteiger partial charge >= 0.3 is 0 Å². The Hall–Kier alpha value is -2.50. The van der Waals surface area contributed by atoms with E-state index in [0.29, 0.717) is 23.4 Å². The van der Waals surface area contributed by atoms with Crippen LogP contribution in [0.2, 0.25) is 0 Å². The zero-order chi connectivity index (χ0) is 20.6. The maximum absolute atomic E-state index is 13.2. The van der Waals surface area contributed by atoms with E-state index in [1.807, 2.05) is 48.5 Å². The highest BCUT2D eigenvalue weighted by atomic mass is 79.9. The van der Waals surface area contributed by atoms with Crippen LogP contribution in [0.1, 0.15) is 42.1 Å². The number of anilines is 1. The first-order valence-electron chi connectivity index (χ1n) is 9.80. The zero-order valence-electron chi connectivity index (χ0n) is 16.2. The summed E-state index contributed by atoms with van der Waals surface area (Å²) in [7, 11) is 0. The molecule has 4 rings (SSSR count). The first kappa shape index (κ1) is 19.8. The van der Waals surface area contributed by atoms with Gasteiger partial charge in [-0.25, -0.2) is 0 Å². The fourth-order valence-electron chi connectivity index (χ4n) is 3.93. The molecule has 0 aliphatic carbocycles. The minimum Gasteiger partial charge on any atom is -0.375 e. The molecule has 1 atom stereocenters. The van der Waals surface area contributed by atoms with Crippen molar-refractivity contribution >= 4 is 44.1 Å². The molecule has 1 heterocycles. The third kappa shape index (κ3) is 3.49. The minimum atomic E-state index is -1.85.